The molecule has 0 spiro atoms. The molecule has 1 aromatic heterocycles. The van der Waals surface area contributed by atoms with Gasteiger partial charge in [-0.25, -0.2) is 0 Å². The first kappa shape index (κ1) is 16.7. The van der Waals surface area contributed by atoms with Crippen LogP contribution >= 0.6 is 23.1 Å². The Morgan fingerprint density at radius 3 is 3.04 bits per heavy atom. The van der Waals surface area contributed by atoms with Crippen molar-refractivity contribution in [2.24, 2.45) is 0 Å². The molecule has 1 aliphatic carbocycles. The van der Waals surface area contributed by atoms with Crippen molar-refractivity contribution in [1.29, 1.82) is 0 Å². The highest BCUT2D eigenvalue weighted by atomic mass is 32.2. The van der Waals surface area contributed by atoms with Crippen LogP contribution in [0.1, 0.15) is 53.5 Å². The number of hydrogen-bond donors (Lipinski definition) is 1. The minimum Gasteiger partial charge on any atom is -0.350 e. The Morgan fingerprint density at radius 2 is 2.17 bits per heavy atom. The summed E-state index contributed by atoms with van der Waals surface area (Å²) in [5.41, 5.74) is 3.12. The molecular weight excluding hydrogens is 336 g/mol. The monoisotopic (exact) mass is 362 g/mol. The summed E-state index contributed by atoms with van der Waals surface area (Å²) in [6, 6.07) is 0.526. The van der Waals surface area contributed by atoms with E-state index >= 15 is 0 Å². The number of nitrogens with zero attached hydrogens (tertiary/aromatic N) is 1. The predicted octanol–water partition coefficient (Wildman–Crippen LogP) is 3.82. The summed E-state index contributed by atoms with van der Waals surface area (Å²) in [5, 5.41) is 3.19. The number of likely N-dealkylation sites (N-methyl/N-ethyl adjacent to an activating group) is 1. The maximum absolute atomic E-state index is 12.6. The van der Waals surface area contributed by atoms with Gasteiger partial charge >= 0.3 is 0 Å². The van der Waals surface area contributed by atoms with Crippen molar-refractivity contribution in [2.45, 2.75) is 57.2 Å². The highest BCUT2D eigenvalue weighted by molar-refractivity contribution is 8.03. The molecule has 5 heteroatoms. The van der Waals surface area contributed by atoms with Gasteiger partial charge in [0.15, 0.2) is 0 Å². The smallest absolute Gasteiger partial charge is 0.257 e. The van der Waals surface area contributed by atoms with Crippen LogP contribution in [0, 0.1) is 0 Å². The van der Waals surface area contributed by atoms with Crippen LogP contribution in [0.4, 0.5) is 0 Å². The molecule has 130 valence electrons. The van der Waals surface area contributed by atoms with E-state index in [1.54, 1.807) is 22.2 Å². The Balaban J connectivity index is 1.43. The molecule has 0 radical (unpaired) electrons. The van der Waals surface area contributed by atoms with Crippen molar-refractivity contribution >= 4 is 35.1 Å². The maximum Gasteiger partial charge on any atom is 0.257 e. The SMILES string of the molecule is CCN1CCC[C@H]1CNC(=O)C1=Cc2sc3c(c2CS1)CCCC3. The summed E-state index contributed by atoms with van der Waals surface area (Å²) >= 11 is 3.65. The zero-order chi connectivity index (χ0) is 16.5. The van der Waals surface area contributed by atoms with Crippen LogP contribution in [0.15, 0.2) is 4.91 Å². The fraction of sp³-hybridized carbons (Fsp3) is 0.632. The second-order valence-corrected chi connectivity index (χ2v) is 9.14. The number of fused-ring (bicyclic) bond motifs is 3. The number of nitrogens with one attached hydrogen (secondary N) is 1. The summed E-state index contributed by atoms with van der Waals surface area (Å²) in [7, 11) is 0. The third-order valence-corrected chi connectivity index (χ3v) is 7.90. The van der Waals surface area contributed by atoms with Gasteiger partial charge in [-0.05, 0) is 68.8 Å². The van der Waals surface area contributed by atoms with Gasteiger partial charge in [-0.15, -0.1) is 23.1 Å². The van der Waals surface area contributed by atoms with Crippen LogP contribution in [0.5, 0.6) is 0 Å². The molecular formula is C19H26N2OS2. The first-order chi connectivity index (χ1) is 11.8. The summed E-state index contributed by atoms with van der Waals surface area (Å²) in [6.07, 6.45) is 9.75. The highest BCUT2D eigenvalue weighted by Gasteiger charge is 2.27. The molecule has 1 saturated heterocycles. The quantitative estimate of drug-likeness (QED) is 0.884. The van der Waals surface area contributed by atoms with Crippen molar-refractivity contribution in [3.05, 3.63) is 25.8 Å². The van der Waals surface area contributed by atoms with Gasteiger partial charge in [0.25, 0.3) is 5.91 Å². The van der Waals surface area contributed by atoms with Crippen molar-refractivity contribution in [2.75, 3.05) is 19.6 Å². The number of thioether (sulfide) groups is 1. The topological polar surface area (TPSA) is 32.3 Å². The molecule has 3 aliphatic rings. The van der Waals surface area contributed by atoms with Gasteiger partial charge in [-0.2, -0.15) is 0 Å². The molecule has 1 N–H and O–H groups in total. The molecule has 0 aromatic carbocycles. The fourth-order valence-corrected chi connectivity index (χ4v) is 6.76. The van der Waals surface area contributed by atoms with Crippen LogP contribution in [0.2, 0.25) is 0 Å². The van der Waals surface area contributed by atoms with Crippen LogP contribution in [-0.2, 0) is 23.4 Å². The number of thiophene rings is 1. The molecule has 1 amide bonds. The van der Waals surface area contributed by atoms with Crippen LogP contribution < -0.4 is 5.32 Å². The Labute approximate surface area is 152 Å². The van der Waals surface area contributed by atoms with E-state index in [2.05, 4.69) is 23.2 Å². The van der Waals surface area contributed by atoms with Gasteiger partial charge in [0.2, 0.25) is 0 Å². The molecule has 1 aromatic rings. The Kier molecular flexibility index (Phi) is 5.02. The normalized spacial score (nSPS) is 23.5. The third-order valence-electron chi connectivity index (χ3n) is 5.57. The van der Waals surface area contributed by atoms with Crippen LogP contribution in [0.3, 0.4) is 0 Å². The average molecular weight is 363 g/mol. The number of hydrogen-bond acceptors (Lipinski definition) is 4. The minimum atomic E-state index is 0.125. The van der Waals surface area contributed by atoms with Crippen molar-refractivity contribution in [3.8, 4) is 0 Å². The van der Waals surface area contributed by atoms with Gasteiger partial charge in [0.05, 0.1) is 4.91 Å². The summed E-state index contributed by atoms with van der Waals surface area (Å²) in [6.45, 7) is 5.26. The second kappa shape index (κ2) is 7.22. The molecule has 0 saturated carbocycles. The number of aryl methyl sites for hydroxylation is 1. The molecule has 0 unspecified atom stereocenters. The van der Waals surface area contributed by atoms with Crippen molar-refractivity contribution < 1.29 is 4.79 Å². The number of carbonyl (C=O) groups excluding carboxylic acids is 1. The van der Waals surface area contributed by atoms with E-state index in [0.29, 0.717) is 6.04 Å². The molecule has 4 rings (SSSR count). The van der Waals surface area contributed by atoms with E-state index in [9.17, 15) is 4.79 Å². The lowest BCUT2D eigenvalue weighted by Crippen LogP contribution is -2.40. The molecule has 1 atom stereocenters. The van der Waals surface area contributed by atoms with E-state index < -0.39 is 0 Å². The van der Waals surface area contributed by atoms with Crippen LogP contribution in [0.25, 0.3) is 6.08 Å². The second-order valence-electron chi connectivity index (χ2n) is 6.99. The molecule has 3 nitrogen and oxygen atoms in total. The Hall–Kier alpha value is -0.780. The standard InChI is InChI=1S/C19H26N2OS2/c1-2-21-9-5-6-13(21)11-20-19(22)18-10-17-15(12-23-18)14-7-3-4-8-16(14)24-17/h10,13H,2-9,11-12H2,1H3,(H,20,22)/t13-/m0/s1. The molecule has 3 heterocycles. The highest BCUT2D eigenvalue weighted by Crippen LogP contribution is 2.42. The first-order valence-electron chi connectivity index (χ1n) is 9.26. The minimum absolute atomic E-state index is 0.125. The summed E-state index contributed by atoms with van der Waals surface area (Å²) in [4.78, 5) is 18.9. The van der Waals surface area contributed by atoms with Gasteiger partial charge in [-0.1, -0.05) is 6.92 Å². The van der Waals surface area contributed by atoms with Gasteiger partial charge in [-0.3, -0.25) is 9.69 Å². The van der Waals surface area contributed by atoms with Gasteiger partial charge in [0.1, 0.15) is 0 Å². The lowest BCUT2D eigenvalue weighted by atomic mass is 9.95. The molecule has 24 heavy (non-hydrogen) atoms. The number of amides is 1. The van der Waals surface area contributed by atoms with E-state index in [-0.39, 0.29) is 5.91 Å². The summed E-state index contributed by atoms with van der Waals surface area (Å²) in [5.74, 6) is 1.10. The number of likely N-dealkylation sites (tertiary alicyclic amines) is 1. The summed E-state index contributed by atoms with van der Waals surface area (Å²) < 4.78 is 0. The molecule has 2 aliphatic heterocycles. The number of rotatable bonds is 4. The zero-order valence-electron chi connectivity index (χ0n) is 14.4. The van der Waals surface area contributed by atoms with Crippen molar-refractivity contribution in [1.82, 2.24) is 10.2 Å². The maximum atomic E-state index is 12.6. The number of carbonyl (C=O) groups is 1. The van der Waals surface area contributed by atoms with E-state index in [1.807, 2.05) is 11.3 Å². The lowest BCUT2D eigenvalue weighted by molar-refractivity contribution is -0.116. The average Bonchev–Trinajstić information content (AvgIpc) is 3.22. The Morgan fingerprint density at radius 1 is 1.29 bits per heavy atom. The van der Waals surface area contributed by atoms with Gasteiger partial charge < -0.3 is 5.32 Å². The van der Waals surface area contributed by atoms with Crippen LogP contribution in [-0.4, -0.2) is 36.5 Å². The Bertz CT molecular complexity index is 665. The fourth-order valence-electron chi connectivity index (χ4n) is 4.21. The van der Waals surface area contributed by atoms with E-state index in [0.717, 1.165) is 23.7 Å². The van der Waals surface area contributed by atoms with Crippen molar-refractivity contribution in [3.63, 3.8) is 0 Å². The predicted molar refractivity (Wildman–Crippen MR) is 104 cm³/mol. The van der Waals surface area contributed by atoms with E-state index in [4.69, 9.17) is 0 Å². The third kappa shape index (κ3) is 3.18. The molecule has 0 bridgehead atoms. The lowest BCUT2D eigenvalue weighted by Gasteiger charge is -2.23. The van der Waals surface area contributed by atoms with Gasteiger partial charge in [0, 0.05) is 28.1 Å². The zero-order valence-corrected chi connectivity index (χ0v) is 16.0. The van der Waals surface area contributed by atoms with E-state index in [1.165, 1.54) is 55.5 Å². The largest absolute Gasteiger partial charge is 0.350 e. The first-order valence-corrected chi connectivity index (χ1v) is 11.1. The molecule has 1 fully saturated rings.